The first-order chi connectivity index (χ1) is 9.82. The average Bonchev–Trinajstić information content (AvgIpc) is 2.38. The molecule has 0 aromatic carbocycles. The summed E-state index contributed by atoms with van der Waals surface area (Å²) in [4.78, 5) is 9.35. The second kappa shape index (κ2) is 6.18. The third kappa shape index (κ3) is 4.30. The molecule has 0 spiro atoms. The molecule has 0 atom stereocenters. The summed E-state index contributed by atoms with van der Waals surface area (Å²) in [5, 5.41) is 6.89. The van der Waals surface area contributed by atoms with Gasteiger partial charge >= 0.3 is 0 Å². The summed E-state index contributed by atoms with van der Waals surface area (Å²) in [6.07, 6.45) is 2.00. The van der Waals surface area contributed by atoms with Gasteiger partial charge in [-0.1, -0.05) is 20.8 Å². The lowest BCUT2D eigenvalue weighted by atomic mass is 9.92. The van der Waals surface area contributed by atoms with Crippen LogP contribution >= 0.6 is 0 Å². The molecule has 0 saturated carbocycles. The molecule has 5 nitrogen and oxygen atoms in total. The number of rotatable bonds is 4. The molecule has 5 heteroatoms. The molecule has 2 rings (SSSR count). The van der Waals surface area contributed by atoms with Crippen LogP contribution in [0.25, 0.3) is 0 Å². The lowest BCUT2D eigenvalue weighted by Gasteiger charge is -2.35. The number of hydrogen-bond acceptors (Lipinski definition) is 5. The Hall–Kier alpha value is -1.36. The van der Waals surface area contributed by atoms with Gasteiger partial charge in [0.25, 0.3) is 0 Å². The minimum atomic E-state index is -0.0710. The Bertz CT molecular complexity index is 476. The smallest absolute Gasteiger partial charge is 0.138 e. The van der Waals surface area contributed by atoms with Crippen LogP contribution in [0.15, 0.2) is 6.07 Å². The van der Waals surface area contributed by atoms with Gasteiger partial charge in [-0.15, -0.1) is 0 Å². The first-order valence-electron chi connectivity index (χ1n) is 7.82. The molecule has 1 aliphatic rings. The molecule has 0 amide bonds. The van der Waals surface area contributed by atoms with E-state index in [0.717, 1.165) is 50.1 Å². The van der Waals surface area contributed by atoms with E-state index in [9.17, 15) is 0 Å². The fourth-order valence-corrected chi connectivity index (χ4v) is 2.37. The molecule has 0 unspecified atom stereocenters. The van der Waals surface area contributed by atoms with Crippen LogP contribution in [-0.2, 0) is 10.2 Å². The molecular formula is C16H28N4O. The number of anilines is 2. The molecule has 1 aliphatic heterocycles. The van der Waals surface area contributed by atoms with Crippen LogP contribution in [0.5, 0.6) is 0 Å². The summed E-state index contributed by atoms with van der Waals surface area (Å²) in [6.45, 7) is 13.2. The molecule has 1 aromatic rings. The summed E-state index contributed by atoms with van der Waals surface area (Å²) in [5.41, 5.74) is -0.0241. The van der Waals surface area contributed by atoms with Gasteiger partial charge in [0.1, 0.15) is 17.5 Å². The van der Waals surface area contributed by atoms with E-state index < -0.39 is 0 Å². The number of nitrogens with zero attached hydrogens (tertiary/aromatic N) is 2. The minimum absolute atomic E-state index is 0.0469. The fourth-order valence-electron chi connectivity index (χ4n) is 2.37. The summed E-state index contributed by atoms with van der Waals surface area (Å²) in [6, 6.07) is 2.00. The van der Waals surface area contributed by atoms with E-state index in [1.165, 1.54) is 0 Å². The first kappa shape index (κ1) is 16.0. The van der Waals surface area contributed by atoms with Crippen LogP contribution in [0.3, 0.4) is 0 Å². The van der Waals surface area contributed by atoms with Crippen molar-refractivity contribution in [3.63, 3.8) is 0 Å². The minimum Gasteiger partial charge on any atom is -0.381 e. The summed E-state index contributed by atoms with van der Waals surface area (Å²) < 4.78 is 5.46. The maximum absolute atomic E-state index is 5.46. The van der Waals surface area contributed by atoms with Crippen LogP contribution in [0.4, 0.5) is 11.6 Å². The molecule has 0 bridgehead atoms. The van der Waals surface area contributed by atoms with Crippen molar-refractivity contribution < 1.29 is 4.74 Å². The molecule has 2 heterocycles. The Morgan fingerprint density at radius 3 is 2.38 bits per heavy atom. The third-order valence-electron chi connectivity index (χ3n) is 3.78. The molecule has 1 saturated heterocycles. The largest absolute Gasteiger partial charge is 0.381 e. The number of ether oxygens (including phenoxy) is 1. The van der Waals surface area contributed by atoms with Gasteiger partial charge in [-0.2, -0.15) is 0 Å². The standard InChI is InChI=1S/C16H28N4O/c1-6-17-12-11-13(19-14(18-12)15(2,3)4)20-16(5)7-9-21-10-8-16/h11H,6-10H2,1-5H3,(H2,17,18,19,20). The highest BCUT2D eigenvalue weighted by Crippen LogP contribution is 2.27. The second-order valence-corrected chi connectivity index (χ2v) is 7.04. The van der Waals surface area contributed by atoms with Crippen molar-refractivity contribution in [3.8, 4) is 0 Å². The molecule has 1 aromatic heterocycles. The van der Waals surface area contributed by atoms with Crippen molar-refractivity contribution in [3.05, 3.63) is 11.9 Å². The van der Waals surface area contributed by atoms with Crippen LogP contribution < -0.4 is 10.6 Å². The van der Waals surface area contributed by atoms with Crippen molar-refractivity contribution in [2.24, 2.45) is 0 Å². The van der Waals surface area contributed by atoms with E-state index in [0.29, 0.717) is 0 Å². The quantitative estimate of drug-likeness (QED) is 0.892. The Kier molecular flexibility index (Phi) is 4.71. The van der Waals surface area contributed by atoms with Crippen LogP contribution in [0, 0.1) is 0 Å². The number of hydrogen-bond donors (Lipinski definition) is 2. The normalized spacial score (nSPS) is 18.3. The zero-order valence-corrected chi connectivity index (χ0v) is 13.9. The van der Waals surface area contributed by atoms with Crippen LogP contribution in [0.1, 0.15) is 53.3 Å². The lowest BCUT2D eigenvalue weighted by molar-refractivity contribution is 0.0657. The van der Waals surface area contributed by atoms with E-state index >= 15 is 0 Å². The monoisotopic (exact) mass is 292 g/mol. The summed E-state index contributed by atoms with van der Waals surface area (Å²) in [5.74, 6) is 2.64. The summed E-state index contributed by atoms with van der Waals surface area (Å²) >= 11 is 0. The van der Waals surface area contributed by atoms with Crippen molar-refractivity contribution in [1.82, 2.24) is 9.97 Å². The molecule has 0 aliphatic carbocycles. The van der Waals surface area contributed by atoms with Gasteiger partial charge < -0.3 is 15.4 Å². The molecule has 2 N–H and O–H groups in total. The predicted octanol–water partition coefficient (Wildman–Crippen LogP) is 3.19. The van der Waals surface area contributed by atoms with E-state index in [1.807, 2.05) is 6.07 Å². The highest BCUT2D eigenvalue weighted by Gasteiger charge is 2.28. The molecule has 118 valence electrons. The van der Waals surface area contributed by atoms with Gasteiger partial charge in [0, 0.05) is 36.8 Å². The Labute approximate surface area is 127 Å². The highest BCUT2D eigenvalue weighted by molar-refractivity contribution is 5.49. The van der Waals surface area contributed by atoms with Gasteiger partial charge in [0.05, 0.1) is 0 Å². The SMILES string of the molecule is CCNc1cc(NC2(C)CCOCC2)nc(C(C)(C)C)n1. The van der Waals surface area contributed by atoms with Gasteiger partial charge in [0.15, 0.2) is 0 Å². The average molecular weight is 292 g/mol. The zero-order valence-electron chi connectivity index (χ0n) is 13.9. The first-order valence-corrected chi connectivity index (χ1v) is 7.82. The zero-order chi connectivity index (χ0) is 15.5. The molecule has 0 radical (unpaired) electrons. The summed E-state index contributed by atoms with van der Waals surface area (Å²) in [7, 11) is 0. The highest BCUT2D eigenvalue weighted by atomic mass is 16.5. The van der Waals surface area contributed by atoms with Gasteiger partial charge in [-0.25, -0.2) is 9.97 Å². The van der Waals surface area contributed by atoms with Crippen molar-refractivity contribution in [2.45, 2.75) is 58.4 Å². The van der Waals surface area contributed by atoms with E-state index in [1.54, 1.807) is 0 Å². The predicted molar refractivity (Wildman–Crippen MR) is 87.0 cm³/mol. The third-order valence-corrected chi connectivity index (χ3v) is 3.78. The van der Waals surface area contributed by atoms with E-state index in [-0.39, 0.29) is 11.0 Å². The Morgan fingerprint density at radius 2 is 1.81 bits per heavy atom. The van der Waals surface area contributed by atoms with Crippen molar-refractivity contribution in [1.29, 1.82) is 0 Å². The molecule has 1 fully saturated rings. The van der Waals surface area contributed by atoms with Gasteiger partial charge in [-0.3, -0.25) is 0 Å². The second-order valence-electron chi connectivity index (χ2n) is 7.04. The van der Waals surface area contributed by atoms with Crippen LogP contribution in [0.2, 0.25) is 0 Å². The topological polar surface area (TPSA) is 59.1 Å². The number of aromatic nitrogens is 2. The number of nitrogens with one attached hydrogen (secondary N) is 2. The van der Waals surface area contributed by atoms with E-state index in [4.69, 9.17) is 9.72 Å². The maximum atomic E-state index is 5.46. The van der Waals surface area contributed by atoms with Gasteiger partial charge in [-0.05, 0) is 26.7 Å². The lowest BCUT2D eigenvalue weighted by Crippen LogP contribution is -2.41. The Morgan fingerprint density at radius 1 is 1.19 bits per heavy atom. The van der Waals surface area contributed by atoms with E-state index in [2.05, 4.69) is 50.2 Å². The molecule has 21 heavy (non-hydrogen) atoms. The maximum Gasteiger partial charge on any atom is 0.138 e. The van der Waals surface area contributed by atoms with Crippen molar-refractivity contribution >= 4 is 11.6 Å². The van der Waals surface area contributed by atoms with Crippen LogP contribution in [-0.4, -0.2) is 35.3 Å². The van der Waals surface area contributed by atoms with Crippen molar-refractivity contribution in [2.75, 3.05) is 30.4 Å². The Balaban J connectivity index is 2.27. The fraction of sp³-hybridized carbons (Fsp3) is 0.750. The van der Waals surface area contributed by atoms with Gasteiger partial charge in [0.2, 0.25) is 0 Å². The molecular weight excluding hydrogens is 264 g/mol.